The van der Waals surface area contributed by atoms with Crippen LogP contribution in [0.1, 0.15) is 77.2 Å². The molecule has 6 N–H and O–H groups in total. The van der Waals surface area contributed by atoms with E-state index in [9.17, 15) is 9.59 Å². The monoisotopic (exact) mass is 443 g/mol. The van der Waals surface area contributed by atoms with Gasteiger partial charge in [0.2, 0.25) is 11.8 Å². The summed E-state index contributed by atoms with van der Waals surface area (Å²) >= 11 is 0. The molecule has 3 rings (SSSR count). The smallest absolute Gasteiger partial charge is 0.242 e. The molecule has 2 fully saturated rings. The summed E-state index contributed by atoms with van der Waals surface area (Å²) in [5, 5.41) is 5.99. The number of nitrogen functional groups attached to an aromatic ring is 1. The van der Waals surface area contributed by atoms with Gasteiger partial charge in [0, 0.05) is 12.7 Å². The minimum absolute atomic E-state index is 0.148. The highest BCUT2D eigenvalue weighted by Gasteiger charge is 2.37. The van der Waals surface area contributed by atoms with Crippen LogP contribution in [0.4, 0.5) is 5.82 Å². The standard InChI is InChI=1S/C25H41N5O2/c1-16(2)12-21(26)24(31)30-22(25(32)29-15-17-10-11-23(27)28-14-17)13-19-8-5-7-18-6-3-4-9-20(18)19/h10-11,14,16,18-22H,3-9,12-13,15,26H2,1-2H3,(H2,27,28)(H,29,32)(H,30,31)/t18?,19?,20?,21-,22+/m1/s1. The molecule has 1 aromatic heterocycles. The number of rotatable bonds is 9. The van der Waals surface area contributed by atoms with E-state index in [1.54, 1.807) is 12.3 Å². The van der Waals surface area contributed by atoms with Crippen molar-refractivity contribution in [1.29, 1.82) is 0 Å². The van der Waals surface area contributed by atoms with E-state index in [1.165, 1.54) is 38.5 Å². The molecule has 5 atom stereocenters. The van der Waals surface area contributed by atoms with Crippen molar-refractivity contribution in [2.24, 2.45) is 29.4 Å². The Labute approximate surface area is 192 Å². The quantitative estimate of drug-likeness (QED) is 0.467. The second-order valence-corrected chi connectivity index (χ2v) is 10.2. The molecule has 0 bridgehead atoms. The number of hydrogen-bond acceptors (Lipinski definition) is 5. The van der Waals surface area contributed by atoms with E-state index in [1.807, 2.05) is 19.9 Å². The Balaban J connectivity index is 1.67. The molecule has 0 spiro atoms. The number of hydrogen-bond donors (Lipinski definition) is 4. The van der Waals surface area contributed by atoms with E-state index in [-0.39, 0.29) is 11.8 Å². The van der Waals surface area contributed by atoms with Gasteiger partial charge >= 0.3 is 0 Å². The zero-order chi connectivity index (χ0) is 23.1. The van der Waals surface area contributed by atoms with Crippen LogP contribution in [0.5, 0.6) is 0 Å². The third-order valence-corrected chi connectivity index (χ3v) is 7.27. The molecule has 2 amide bonds. The third kappa shape index (κ3) is 6.92. The van der Waals surface area contributed by atoms with Gasteiger partial charge in [-0.2, -0.15) is 0 Å². The van der Waals surface area contributed by atoms with Crippen LogP contribution in [0, 0.1) is 23.7 Å². The largest absolute Gasteiger partial charge is 0.384 e. The topological polar surface area (TPSA) is 123 Å². The summed E-state index contributed by atoms with van der Waals surface area (Å²) < 4.78 is 0. The molecule has 7 nitrogen and oxygen atoms in total. The summed E-state index contributed by atoms with van der Waals surface area (Å²) in [5.74, 6) is 2.32. The van der Waals surface area contributed by atoms with Gasteiger partial charge in [-0.1, -0.05) is 58.4 Å². The average Bonchev–Trinajstić information content (AvgIpc) is 2.77. The molecule has 7 heteroatoms. The predicted octanol–water partition coefficient (Wildman–Crippen LogP) is 3.13. The van der Waals surface area contributed by atoms with Gasteiger partial charge in [0.05, 0.1) is 6.04 Å². The summed E-state index contributed by atoms with van der Waals surface area (Å²) in [6.45, 7) is 4.44. The number of nitrogens with two attached hydrogens (primary N) is 2. The Morgan fingerprint density at radius 1 is 1.09 bits per heavy atom. The molecule has 2 aliphatic rings. The molecule has 0 saturated heterocycles. The molecule has 1 aromatic rings. The maximum atomic E-state index is 13.2. The van der Waals surface area contributed by atoms with Crippen molar-refractivity contribution in [2.45, 2.75) is 90.3 Å². The third-order valence-electron chi connectivity index (χ3n) is 7.27. The lowest BCUT2D eigenvalue weighted by Gasteiger charge is -2.42. The van der Waals surface area contributed by atoms with Crippen molar-refractivity contribution >= 4 is 17.6 Å². The molecule has 3 unspecified atom stereocenters. The fourth-order valence-corrected chi connectivity index (χ4v) is 5.65. The van der Waals surface area contributed by atoms with Crippen LogP contribution in [-0.4, -0.2) is 28.9 Å². The predicted molar refractivity (Wildman–Crippen MR) is 127 cm³/mol. The van der Waals surface area contributed by atoms with E-state index in [2.05, 4.69) is 15.6 Å². The Kier molecular flexibility index (Phi) is 8.91. The fraction of sp³-hybridized carbons (Fsp3) is 0.720. The van der Waals surface area contributed by atoms with Crippen LogP contribution in [0.3, 0.4) is 0 Å². The van der Waals surface area contributed by atoms with E-state index in [0.29, 0.717) is 43.0 Å². The minimum Gasteiger partial charge on any atom is -0.384 e. The maximum Gasteiger partial charge on any atom is 0.242 e. The number of nitrogens with one attached hydrogen (secondary N) is 2. The van der Waals surface area contributed by atoms with Gasteiger partial charge in [0.25, 0.3) is 0 Å². The molecular weight excluding hydrogens is 402 g/mol. The van der Waals surface area contributed by atoms with Crippen molar-refractivity contribution in [3.05, 3.63) is 23.9 Å². The minimum atomic E-state index is -0.597. The number of amides is 2. The second kappa shape index (κ2) is 11.6. The summed E-state index contributed by atoms with van der Waals surface area (Å²) in [6.07, 6.45) is 11.8. The summed E-state index contributed by atoms with van der Waals surface area (Å²) in [4.78, 5) is 30.1. The number of nitrogens with zero attached hydrogens (tertiary/aromatic N) is 1. The van der Waals surface area contributed by atoms with Crippen LogP contribution >= 0.6 is 0 Å². The van der Waals surface area contributed by atoms with Gasteiger partial charge in [-0.25, -0.2) is 4.98 Å². The van der Waals surface area contributed by atoms with Crippen molar-refractivity contribution in [2.75, 3.05) is 5.73 Å². The summed E-state index contributed by atoms with van der Waals surface area (Å²) in [7, 11) is 0. The normalized spacial score (nSPS) is 24.9. The first-order valence-electron chi connectivity index (χ1n) is 12.4. The zero-order valence-corrected chi connectivity index (χ0v) is 19.7. The van der Waals surface area contributed by atoms with Crippen LogP contribution < -0.4 is 22.1 Å². The highest BCUT2D eigenvalue weighted by atomic mass is 16.2. The molecular formula is C25H41N5O2. The molecule has 2 aliphatic carbocycles. The van der Waals surface area contributed by atoms with Gasteiger partial charge in [-0.05, 0) is 54.6 Å². The number of pyridine rings is 1. The number of fused-ring (bicyclic) bond motifs is 1. The van der Waals surface area contributed by atoms with Gasteiger partial charge in [-0.15, -0.1) is 0 Å². The Morgan fingerprint density at radius 2 is 1.84 bits per heavy atom. The van der Waals surface area contributed by atoms with Crippen LogP contribution in [-0.2, 0) is 16.1 Å². The molecule has 178 valence electrons. The Morgan fingerprint density at radius 3 is 2.56 bits per heavy atom. The lowest BCUT2D eigenvalue weighted by molar-refractivity contribution is -0.130. The SMILES string of the molecule is CC(C)C[C@@H](N)C(=O)N[C@@H](CC1CCCC2CCCCC21)C(=O)NCc1ccc(N)nc1. The van der Waals surface area contributed by atoms with Crippen LogP contribution in [0.25, 0.3) is 0 Å². The van der Waals surface area contributed by atoms with Crippen molar-refractivity contribution in [1.82, 2.24) is 15.6 Å². The first kappa shape index (κ1) is 24.5. The van der Waals surface area contributed by atoms with E-state index in [0.717, 1.165) is 17.9 Å². The lowest BCUT2D eigenvalue weighted by atomic mass is 9.64. The number of anilines is 1. The maximum absolute atomic E-state index is 13.2. The molecule has 0 aromatic carbocycles. The summed E-state index contributed by atoms with van der Waals surface area (Å²) in [5.41, 5.74) is 12.6. The van der Waals surface area contributed by atoms with Gasteiger partial charge in [-0.3, -0.25) is 9.59 Å². The van der Waals surface area contributed by atoms with Gasteiger partial charge < -0.3 is 22.1 Å². The van der Waals surface area contributed by atoms with Crippen molar-refractivity contribution < 1.29 is 9.59 Å². The van der Waals surface area contributed by atoms with E-state index in [4.69, 9.17) is 11.5 Å². The van der Waals surface area contributed by atoms with Crippen LogP contribution in [0.15, 0.2) is 18.3 Å². The molecule has 32 heavy (non-hydrogen) atoms. The van der Waals surface area contributed by atoms with Crippen molar-refractivity contribution in [3.8, 4) is 0 Å². The highest BCUT2D eigenvalue weighted by molar-refractivity contribution is 5.89. The van der Waals surface area contributed by atoms with Crippen LogP contribution in [0.2, 0.25) is 0 Å². The number of aromatic nitrogens is 1. The lowest BCUT2D eigenvalue weighted by Crippen LogP contribution is -2.53. The molecule has 2 saturated carbocycles. The number of carbonyl (C=O) groups is 2. The van der Waals surface area contributed by atoms with E-state index < -0.39 is 12.1 Å². The Bertz CT molecular complexity index is 749. The summed E-state index contributed by atoms with van der Waals surface area (Å²) in [6, 6.07) is 2.41. The van der Waals surface area contributed by atoms with Gasteiger partial charge in [0.1, 0.15) is 11.9 Å². The highest BCUT2D eigenvalue weighted by Crippen LogP contribution is 2.45. The van der Waals surface area contributed by atoms with Gasteiger partial charge in [0.15, 0.2) is 0 Å². The molecule has 0 aliphatic heterocycles. The molecule has 0 radical (unpaired) electrons. The Hall–Kier alpha value is -2.15. The number of carbonyl (C=O) groups excluding carboxylic acids is 2. The van der Waals surface area contributed by atoms with E-state index >= 15 is 0 Å². The zero-order valence-electron chi connectivity index (χ0n) is 19.7. The van der Waals surface area contributed by atoms with Crippen molar-refractivity contribution in [3.63, 3.8) is 0 Å². The second-order valence-electron chi connectivity index (χ2n) is 10.2. The average molecular weight is 444 g/mol. The first-order chi connectivity index (χ1) is 15.3. The molecule has 1 heterocycles. The fourth-order valence-electron chi connectivity index (χ4n) is 5.65. The first-order valence-corrected chi connectivity index (χ1v) is 12.4.